The molecule has 3 aromatic carbocycles. The molecule has 0 saturated heterocycles. The van der Waals surface area contributed by atoms with Crippen molar-refractivity contribution in [1.29, 1.82) is 0 Å². The summed E-state index contributed by atoms with van der Waals surface area (Å²) in [4.78, 5) is 18.0. The van der Waals surface area contributed by atoms with Crippen molar-refractivity contribution in [2.75, 3.05) is 0 Å². The van der Waals surface area contributed by atoms with Crippen LogP contribution in [-0.4, -0.2) is 10.9 Å². The van der Waals surface area contributed by atoms with Gasteiger partial charge in [-0.2, -0.15) is 0 Å². The molecule has 0 aliphatic heterocycles. The minimum atomic E-state index is -0.0913. The van der Waals surface area contributed by atoms with E-state index in [0.717, 1.165) is 34.1 Å². The third-order valence-corrected chi connectivity index (χ3v) is 5.27. The molecule has 3 heteroatoms. The summed E-state index contributed by atoms with van der Waals surface area (Å²) < 4.78 is 0. The number of amides is 1. The van der Waals surface area contributed by atoms with E-state index in [1.807, 2.05) is 67.6 Å². The van der Waals surface area contributed by atoms with Gasteiger partial charge in [0, 0.05) is 10.9 Å². The molecular formula is C26H24N2O. The van der Waals surface area contributed by atoms with E-state index in [1.54, 1.807) is 0 Å². The summed E-state index contributed by atoms with van der Waals surface area (Å²) >= 11 is 0. The second-order valence-corrected chi connectivity index (χ2v) is 7.23. The number of aromatic nitrogens is 1. The molecular weight excluding hydrogens is 356 g/mol. The highest BCUT2D eigenvalue weighted by molar-refractivity contribution is 6.07. The molecule has 1 atom stereocenters. The number of nitrogens with zero attached hydrogens (tertiary/aromatic N) is 1. The van der Waals surface area contributed by atoms with E-state index in [2.05, 4.69) is 36.5 Å². The zero-order valence-electron chi connectivity index (χ0n) is 16.7. The molecule has 1 heterocycles. The number of carbonyl (C=O) groups is 1. The topological polar surface area (TPSA) is 42.0 Å². The normalized spacial score (nSPS) is 11.9. The molecule has 0 saturated carbocycles. The molecule has 1 amide bonds. The maximum absolute atomic E-state index is 13.2. The number of carbonyl (C=O) groups excluding carboxylic acids is 1. The number of para-hydroxylation sites is 1. The zero-order valence-corrected chi connectivity index (χ0v) is 16.7. The Morgan fingerprint density at radius 1 is 0.931 bits per heavy atom. The Labute approximate surface area is 171 Å². The summed E-state index contributed by atoms with van der Waals surface area (Å²) in [5, 5.41) is 4.00. The third-order valence-electron chi connectivity index (χ3n) is 5.27. The van der Waals surface area contributed by atoms with Crippen LogP contribution in [0.15, 0.2) is 84.9 Å². The van der Waals surface area contributed by atoms with Crippen molar-refractivity contribution >= 4 is 16.8 Å². The molecule has 1 aromatic heterocycles. The van der Waals surface area contributed by atoms with Crippen LogP contribution in [0.5, 0.6) is 0 Å². The first-order valence-electron chi connectivity index (χ1n) is 10.0. The van der Waals surface area contributed by atoms with Crippen LogP contribution in [0.1, 0.15) is 41.4 Å². The smallest absolute Gasteiger partial charge is 0.252 e. The first-order valence-corrected chi connectivity index (χ1v) is 10.0. The van der Waals surface area contributed by atoms with Crippen LogP contribution in [0, 0.1) is 0 Å². The second-order valence-electron chi connectivity index (χ2n) is 7.23. The van der Waals surface area contributed by atoms with Crippen molar-refractivity contribution in [3.05, 3.63) is 102 Å². The molecule has 0 radical (unpaired) electrons. The number of rotatable bonds is 5. The van der Waals surface area contributed by atoms with Gasteiger partial charge in [-0.15, -0.1) is 0 Å². The van der Waals surface area contributed by atoms with Gasteiger partial charge in [0.15, 0.2) is 0 Å². The van der Waals surface area contributed by atoms with Gasteiger partial charge in [-0.25, -0.2) is 4.98 Å². The first-order chi connectivity index (χ1) is 14.2. The van der Waals surface area contributed by atoms with Crippen LogP contribution in [0.3, 0.4) is 0 Å². The minimum absolute atomic E-state index is 0.0806. The number of benzene rings is 3. The summed E-state index contributed by atoms with van der Waals surface area (Å²) in [6.07, 6.45) is 0.996. The molecule has 0 aliphatic rings. The Kier molecular flexibility index (Phi) is 5.39. The molecule has 1 unspecified atom stereocenters. The van der Waals surface area contributed by atoms with Gasteiger partial charge in [-0.05, 0) is 36.6 Å². The molecule has 0 fully saturated rings. The van der Waals surface area contributed by atoms with Gasteiger partial charge in [0.1, 0.15) is 0 Å². The van der Waals surface area contributed by atoms with Gasteiger partial charge in [0.25, 0.3) is 5.91 Å². The fraction of sp³-hybridized carbons (Fsp3) is 0.154. The number of pyridine rings is 1. The van der Waals surface area contributed by atoms with Gasteiger partial charge >= 0.3 is 0 Å². The van der Waals surface area contributed by atoms with E-state index in [0.29, 0.717) is 5.56 Å². The zero-order chi connectivity index (χ0) is 20.2. The minimum Gasteiger partial charge on any atom is -0.345 e. The Hall–Kier alpha value is -3.46. The fourth-order valence-electron chi connectivity index (χ4n) is 3.52. The lowest BCUT2D eigenvalue weighted by molar-refractivity contribution is 0.0941. The maximum Gasteiger partial charge on any atom is 0.252 e. The lowest BCUT2D eigenvalue weighted by Crippen LogP contribution is -2.27. The fourth-order valence-corrected chi connectivity index (χ4v) is 3.52. The number of hydrogen-bond acceptors (Lipinski definition) is 2. The van der Waals surface area contributed by atoms with Crippen molar-refractivity contribution < 1.29 is 4.79 Å². The van der Waals surface area contributed by atoms with Crippen LogP contribution in [0.25, 0.3) is 22.2 Å². The first kappa shape index (κ1) is 18.9. The molecule has 0 spiro atoms. The Morgan fingerprint density at radius 2 is 1.62 bits per heavy atom. The molecule has 0 aliphatic carbocycles. The van der Waals surface area contributed by atoms with E-state index >= 15 is 0 Å². The summed E-state index contributed by atoms with van der Waals surface area (Å²) in [5.74, 6) is -0.0913. The summed E-state index contributed by atoms with van der Waals surface area (Å²) in [7, 11) is 0. The molecule has 29 heavy (non-hydrogen) atoms. The number of nitrogens with one attached hydrogen (secondary N) is 1. The molecule has 0 bridgehead atoms. The van der Waals surface area contributed by atoms with Crippen LogP contribution < -0.4 is 5.32 Å². The largest absolute Gasteiger partial charge is 0.345 e. The lowest BCUT2D eigenvalue weighted by atomic mass is 10.0. The van der Waals surface area contributed by atoms with Gasteiger partial charge in [0.05, 0.1) is 22.8 Å². The van der Waals surface area contributed by atoms with Crippen molar-refractivity contribution in [3.63, 3.8) is 0 Å². The van der Waals surface area contributed by atoms with Gasteiger partial charge < -0.3 is 5.32 Å². The Balaban J connectivity index is 1.73. The van der Waals surface area contributed by atoms with E-state index in [-0.39, 0.29) is 11.9 Å². The Morgan fingerprint density at radius 3 is 2.34 bits per heavy atom. The van der Waals surface area contributed by atoms with E-state index in [9.17, 15) is 4.79 Å². The molecule has 144 valence electrons. The van der Waals surface area contributed by atoms with Crippen molar-refractivity contribution in [2.45, 2.75) is 26.3 Å². The van der Waals surface area contributed by atoms with Crippen LogP contribution in [0.2, 0.25) is 0 Å². The standard InChI is InChI=1S/C26H24N2O/c1-3-19-13-15-21(16-14-19)25-17-23(22-11-7-8-12-24(22)28-25)26(29)27-18(2)20-9-5-4-6-10-20/h4-18H,3H2,1-2H3,(H,27,29). The average Bonchev–Trinajstić information content (AvgIpc) is 2.79. The maximum atomic E-state index is 13.2. The quantitative estimate of drug-likeness (QED) is 0.464. The highest BCUT2D eigenvalue weighted by Crippen LogP contribution is 2.26. The molecule has 4 aromatic rings. The van der Waals surface area contributed by atoms with E-state index in [1.165, 1.54) is 5.56 Å². The number of aryl methyl sites for hydroxylation is 1. The highest BCUT2D eigenvalue weighted by atomic mass is 16.1. The summed E-state index contributed by atoms with van der Waals surface area (Å²) in [6, 6.07) is 28.0. The summed E-state index contributed by atoms with van der Waals surface area (Å²) in [5.41, 5.74) is 5.65. The molecule has 3 nitrogen and oxygen atoms in total. The predicted octanol–water partition coefficient (Wildman–Crippen LogP) is 5.96. The number of hydrogen-bond donors (Lipinski definition) is 1. The van der Waals surface area contributed by atoms with Crippen LogP contribution in [0.4, 0.5) is 0 Å². The predicted molar refractivity (Wildman–Crippen MR) is 119 cm³/mol. The van der Waals surface area contributed by atoms with Crippen molar-refractivity contribution in [1.82, 2.24) is 10.3 Å². The lowest BCUT2D eigenvalue weighted by Gasteiger charge is -2.16. The van der Waals surface area contributed by atoms with E-state index in [4.69, 9.17) is 4.98 Å². The van der Waals surface area contributed by atoms with E-state index < -0.39 is 0 Å². The average molecular weight is 380 g/mol. The van der Waals surface area contributed by atoms with Gasteiger partial charge in [0.2, 0.25) is 0 Å². The van der Waals surface area contributed by atoms with Crippen molar-refractivity contribution in [3.8, 4) is 11.3 Å². The summed E-state index contributed by atoms with van der Waals surface area (Å²) in [6.45, 7) is 4.14. The SMILES string of the molecule is CCc1ccc(-c2cc(C(=O)NC(C)c3ccccc3)c3ccccc3n2)cc1. The van der Waals surface area contributed by atoms with Gasteiger partial charge in [-0.3, -0.25) is 4.79 Å². The van der Waals surface area contributed by atoms with Crippen LogP contribution in [-0.2, 0) is 6.42 Å². The Bertz CT molecular complexity index is 1130. The number of fused-ring (bicyclic) bond motifs is 1. The van der Waals surface area contributed by atoms with Crippen molar-refractivity contribution in [2.24, 2.45) is 0 Å². The monoisotopic (exact) mass is 380 g/mol. The molecule has 1 N–H and O–H groups in total. The second kappa shape index (κ2) is 8.27. The highest BCUT2D eigenvalue weighted by Gasteiger charge is 2.16. The molecule has 4 rings (SSSR count). The van der Waals surface area contributed by atoms with Crippen LogP contribution >= 0.6 is 0 Å². The third kappa shape index (κ3) is 4.04. The van der Waals surface area contributed by atoms with Gasteiger partial charge in [-0.1, -0.05) is 79.7 Å².